The largest absolute Gasteiger partial charge is 0.450 e. The van der Waals surface area contributed by atoms with Crippen LogP contribution in [0.15, 0.2) is 0 Å². The van der Waals surface area contributed by atoms with E-state index < -0.39 is 5.60 Å². The van der Waals surface area contributed by atoms with E-state index in [1.807, 2.05) is 27.7 Å². The first kappa shape index (κ1) is 15.2. The van der Waals surface area contributed by atoms with Crippen molar-refractivity contribution in [3.63, 3.8) is 0 Å². The van der Waals surface area contributed by atoms with Gasteiger partial charge in [0.2, 0.25) is 0 Å². The quantitative estimate of drug-likeness (QED) is 0.822. The van der Waals surface area contributed by atoms with Crippen molar-refractivity contribution in [2.45, 2.75) is 33.3 Å². The molecule has 1 unspecified atom stereocenters. The Bertz CT molecular complexity index is 271. The lowest BCUT2D eigenvalue weighted by Crippen LogP contribution is -2.53. The van der Waals surface area contributed by atoms with E-state index in [4.69, 9.17) is 4.74 Å². The van der Waals surface area contributed by atoms with Crippen LogP contribution in [0.3, 0.4) is 0 Å². The number of nitrogens with zero attached hydrogens (tertiary/aromatic N) is 2. The maximum Gasteiger partial charge on any atom is 0.409 e. The van der Waals surface area contributed by atoms with E-state index in [-0.39, 0.29) is 12.0 Å². The average molecular weight is 258 g/mol. The van der Waals surface area contributed by atoms with Gasteiger partial charge in [0, 0.05) is 32.7 Å². The number of carbonyl (C=O) groups excluding carboxylic acids is 1. The fraction of sp³-hybridized carbons (Fsp3) is 0.923. The first-order valence-electron chi connectivity index (χ1n) is 6.73. The van der Waals surface area contributed by atoms with Crippen LogP contribution in [-0.2, 0) is 4.74 Å². The van der Waals surface area contributed by atoms with E-state index in [0.717, 1.165) is 13.1 Å². The molecule has 0 aromatic heterocycles. The number of piperazine rings is 1. The molecule has 18 heavy (non-hydrogen) atoms. The highest BCUT2D eigenvalue weighted by Gasteiger charge is 2.30. The highest BCUT2D eigenvalue weighted by Crippen LogP contribution is 2.18. The van der Waals surface area contributed by atoms with Gasteiger partial charge < -0.3 is 14.7 Å². The molecule has 0 aromatic carbocycles. The van der Waals surface area contributed by atoms with Crippen LogP contribution >= 0.6 is 0 Å². The predicted molar refractivity (Wildman–Crippen MR) is 70.5 cm³/mol. The minimum Gasteiger partial charge on any atom is -0.450 e. The SMILES string of the molecule is CCOC(=O)N1CCN(CC(C)(O)C(C)C)CC1. The van der Waals surface area contributed by atoms with Crippen molar-refractivity contribution >= 4 is 6.09 Å². The Labute approximate surface area is 110 Å². The lowest BCUT2D eigenvalue weighted by molar-refractivity contribution is -0.0284. The van der Waals surface area contributed by atoms with Gasteiger partial charge in [-0.1, -0.05) is 13.8 Å². The Balaban J connectivity index is 2.38. The summed E-state index contributed by atoms with van der Waals surface area (Å²) in [6, 6.07) is 0. The Kier molecular flexibility index (Phi) is 5.41. The summed E-state index contributed by atoms with van der Waals surface area (Å²) >= 11 is 0. The van der Waals surface area contributed by atoms with E-state index in [9.17, 15) is 9.90 Å². The fourth-order valence-electron chi connectivity index (χ4n) is 1.94. The summed E-state index contributed by atoms with van der Waals surface area (Å²) in [7, 11) is 0. The van der Waals surface area contributed by atoms with Gasteiger partial charge in [0.25, 0.3) is 0 Å². The summed E-state index contributed by atoms with van der Waals surface area (Å²) in [6.07, 6.45) is -0.229. The summed E-state index contributed by atoms with van der Waals surface area (Å²) in [6.45, 7) is 11.7. The van der Waals surface area contributed by atoms with Crippen LogP contribution in [0.4, 0.5) is 4.79 Å². The van der Waals surface area contributed by atoms with Crippen molar-refractivity contribution in [1.29, 1.82) is 0 Å². The molecule has 106 valence electrons. The molecule has 1 saturated heterocycles. The summed E-state index contributed by atoms with van der Waals surface area (Å²) in [5.41, 5.74) is -0.675. The minimum absolute atomic E-state index is 0.223. The first-order chi connectivity index (χ1) is 8.36. The molecule has 1 aliphatic heterocycles. The molecule has 0 saturated carbocycles. The van der Waals surface area contributed by atoms with Crippen LogP contribution in [0, 0.1) is 5.92 Å². The number of β-amino-alcohol motifs (C(OH)–C–C–N with tert-alkyl or cyclic N) is 1. The summed E-state index contributed by atoms with van der Waals surface area (Å²) in [5, 5.41) is 10.3. The molecule has 0 spiro atoms. The summed E-state index contributed by atoms with van der Waals surface area (Å²) in [4.78, 5) is 15.5. The third-order valence-electron chi connectivity index (χ3n) is 3.69. The second kappa shape index (κ2) is 6.38. The van der Waals surface area contributed by atoms with Crippen molar-refractivity contribution in [3.8, 4) is 0 Å². The third-order valence-corrected chi connectivity index (χ3v) is 3.69. The zero-order valence-corrected chi connectivity index (χ0v) is 12.0. The van der Waals surface area contributed by atoms with Gasteiger partial charge in [-0.05, 0) is 19.8 Å². The zero-order chi connectivity index (χ0) is 13.8. The van der Waals surface area contributed by atoms with Gasteiger partial charge in [-0.3, -0.25) is 4.90 Å². The smallest absolute Gasteiger partial charge is 0.409 e. The highest BCUT2D eigenvalue weighted by molar-refractivity contribution is 5.67. The van der Waals surface area contributed by atoms with Gasteiger partial charge in [0.05, 0.1) is 12.2 Å². The Morgan fingerprint density at radius 1 is 1.33 bits per heavy atom. The lowest BCUT2D eigenvalue weighted by atomic mass is 9.92. The Morgan fingerprint density at radius 3 is 2.33 bits per heavy atom. The van der Waals surface area contributed by atoms with Crippen molar-refractivity contribution in [3.05, 3.63) is 0 Å². The second-order valence-electron chi connectivity index (χ2n) is 5.47. The maximum atomic E-state index is 11.5. The maximum absolute atomic E-state index is 11.5. The molecular weight excluding hydrogens is 232 g/mol. The van der Waals surface area contributed by atoms with Crippen LogP contribution in [-0.4, -0.2) is 65.9 Å². The molecule has 1 amide bonds. The van der Waals surface area contributed by atoms with Crippen LogP contribution in [0.2, 0.25) is 0 Å². The van der Waals surface area contributed by atoms with E-state index in [1.54, 1.807) is 4.90 Å². The molecule has 0 bridgehead atoms. The molecule has 5 nitrogen and oxygen atoms in total. The number of hydrogen-bond donors (Lipinski definition) is 1. The Hall–Kier alpha value is -0.810. The monoisotopic (exact) mass is 258 g/mol. The Morgan fingerprint density at radius 2 is 1.89 bits per heavy atom. The molecule has 1 fully saturated rings. The lowest BCUT2D eigenvalue weighted by Gasteiger charge is -2.39. The molecule has 1 heterocycles. The topological polar surface area (TPSA) is 53.0 Å². The molecule has 1 aliphatic rings. The normalized spacial score (nSPS) is 20.9. The van der Waals surface area contributed by atoms with Crippen LogP contribution in [0.25, 0.3) is 0 Å². The van der Waals surface area contributed by atoms with E-state index in [2.05, 4.69) is 4.90 Å². The van der Waals surface area contributed by atoms with Gasteiger partial charge >= 0.3 is 6.09 Å². The third kappa shape index (κ3) is 4.14. The molecular formula is C13H26N2O3. The highest BCUT2D eigenvalue weighted by atomic mass is 16.6. The summed E-state index contributed by atoms with van der Waals surface area (Å²) in [5.74, 6) is 0.223. The number of aliphatic hydroxyl groups is 1. The van der Waals surface area contributed by atoms with Gasteiger partial charge in [-0.2, -0.15) is 0 Å². The van der Waals surface area contributed by atoms with Gasteiger partial charge in [0.1, 0.15) is 0 Å². The molecule has 0 aromatic rings. The number of amides is 1. The van der Waals surface area contributed by atoms with Gasteiger partial charge in [-0.25, -0.2) is 4.79 Å². The molecule has 5 heteroatoms. The van der Waals surface area contributed by atoms with Crippen molar-refractivity contribution < 1.29 is 14.6 Å². The van der Waals surface area contributed by atoms with Gasteiger partial charge in [0.15, 0.2) is 0 Å². The van der Waals surface area contributed by atoms with Crippen LogP contribution in [0.1, 0.15) is 27.7 Å². The fourth-order valence-corrected chi connectivity index (χ4v) is 1.94. The first-order valence-corrected chi connectivity index (χ1v) is 6.73. The standard InChI is InChI=1S/C13H26N2O3/c1-5-18-12(16)15-8-6-14(7-9-15)10-13(4,17)11(2)3/h11,17H,5-10H2,1-4H3. The summed E-state index contributed by atoms with van der Waals surface area (Å²) < 4.78 is 4.97. The van der Waals surface area contributed by atoms with Crippen molar-refractivity contribution in [1.82, 2.24) is 9.80 Å². The zero-order valence-electron chi connectivity index (χ0n) is 12.0. The second-order valence-corrected chi connectivity index (χ2v) is 5.47. The minimum atomic E-state index is -0.675. The number of ether oxygens (including phenoxy) is 1. The van der Waals surface area contributed by atoms with E-state index in [0.29, 0.717) is 26.2 Å². The molecule has 1 atom stereocenters. The molecule has 1 N–H and O–H groups in total. The number of rotatable bonds is 4. The number of carbonyl (C=O) groups is 1. The van der Waals surface area contributed by atoms with Crippen molar-refractivity contribution in [2.75, 3.05) is 39.3 Å². The van der Waals surface area contributed by atoms with E-state index in [1.165, 1.54) is 0 Å². The molecule has 1 rings (SSSR count). The van der Waals surface area contributed by atoms with E-state index >= 15 is 0 Å². The molecule has 0 radical (unpaired) electrons. The molecule has 0 aliphatic carbocycles. The van der Waals surface area contributed by atoms with Crippen LogP contribution in [0.5, 0.6) is 0 Å². The van der Waals surface area contributed by atoms with Crippen molar-refractivity contribution in [2.24, 2.45) is 5.92 Å². The van der Waals surface area contributed by atoms with Gasteiger partial charge in [-0.15, -0.1) is 0 Å². The number of hydrogen-bond acceptors (Lipinski definition) is 4. The van der Waals surface area contributed by atoms with Crippen LogP contribution < -0.4 is 0 Å². The average Bonchev–Trinajstić information content (AvgIpc) is 2.29. The predicted octanol–water partition coefficient (Wildman–Crippen LogP) is 1.17.